The van der Waals surface area contributed by atoms with Crippen molar-refractivity contribution in [1.29, 1.82) is 0 Å². The van der Waals surface area contributed by atoms with E-state index < -0.39 is 8.24 Å². The summed E-state index contributed by atoms with van der Waals surface area (Å²) in [6.45, 7) is 6.56. The van der Waals surface area contributed by atoms with E-state index in [0.29, 0.717) is 0 Å². The Balaban J connectivity index is 2.98. The summed E-state index contributed by atoms with van der Waals surface area (Å²) >= 11 is 0. The Morgan fingerprint density at radius 1 is 0.800 bits per heavy atom. The third kappa shape index (κ3) is 4.04. The first-order valence-corrected chi connectivity index (χ1v) is 10.7. The zero-order valence-corrected chi connectivity index (χ0v) is 14.3. The molecule has 0 aromatic heterocycles. The van der Waals surface area contributed by atoms with E-state index in [4.69, 9.17) is 0 Å². The van der Waals surface area contributed by atoms with Crippen LogP contribution < -0.4 is 0 Å². The third-order valence-corrected chi connectivity index (χ3v) is 9.51. The number of hydrogen-bond donors (Lipinski definition) is 0. The lowest BCUT2D eigenvalue weighted by molar-refractivity contribution is -0.131. The summed E-state index contributed by atoms with van der Waals surface area (Å²) in [6.07, 6.45) is 9.75. The van der Waals surface area contributed by atoms with Gasteiger partial charge in [0.15, 0.2) is 8.24 Å². The lowest BCUT2D eigenvalue weighted by atomic mass is 10.4. The normalized spacial score (nSPS) is 15.4. The van der Waals surface area contributed by atoms with Crippen LogP contribution in [0.25, 0.3) is 0 Å². The molecule has 1 rings (SSSR count). The molecule has 0 aromatic rings. The maximum Gasteiger partial charge on any atom is 0.245 e. The van der Waals surface area contributed by atoms with E-state index in [1.165, 1.54) is 12.2 Å². The Morgan fingerprint density at radius 3 is 1.45 bits per heavy atom. The van der Waals surface area contributed by atoms with Crippen molar-refractivity contribution in [3.63, 3.8) is 0 Å². The van der Waals surface area contributed by atoms with Gasteiger partial charge in [0.2, 0.25) is 11.8 Å². The molecule has 1 heterocycles. The predicted octanol–water partition coefficient (Wildman–Crippen LogP) is 4.26. The highest BCUT2D eigenvalue weighted by Gasteiger charge is 2.44. The van der Waals surface area contributed by atoms with Gasteiger partial charge in [-0.05, 0) is 18.1 Å². The van der Waals surface area contributed by atoms with Gasteiger partial charge in [-0.3, -0.25) is 9.59 Å². The number of unbranched alkanes of at least 4 members (excludes halogenated alkanes) is 3. The topological polar surface area (TPSA) is 37.4 Å². The zero-order chi connectivity index (χ0) is 15.0. The van der Waals surface area contributed by atoms with E-state index in [-0.39, 0.29) is 11.8 Å². The second-order valence-corrected chi connectivity index (χ2v) is 10.3. The van der Waals surface area contributed by atoms with Crippen LogP contribution in [0.3, 0.4) is 0 Å². The van der Waals surface area contributed by atoms with Crippen molar-refractivity contribution in [2.75, 3.05) is 0 Å². The molecule has 0 aliphatic carbocycles. The number of nitrogens with zero attached hydrogens (tertiary/aromatic N) is 1. The summed E-state index contributed by atoms with van der Waals surface area (Å²) in [4.78, 5) is 24.3. The van der Waals surface area contributed by atoms with Gasteiger partial charge in [-0.1, -0.05) is 59.3 Å². The molecule has 4 heteroatoms. The molecular weight excluding hydrogens is 266 g/mol. The summed E-state index contributed by atoms with van der Waals surface area (Å²) in [5, 5.41) is 0. The molecule has 0 spiro atoms. The van der Waals surface area contributed by atoms with Crippen LogP contribution in [-0.4, -0.2) is 24.6 Å². The van der Waals surface area contributed by atoms with E-state index in [9.17, 15) is 9.59 Å². The minimum atomic E-state index is -1.98. The molecule has 1 aliphatic rings. The van der Waals surface area contributed by atoms with E-state index in [0.717, 1.165) is 56.7 Å². The largest absolute Gasteiger partial charge is 0.304 e. The van der Waals surface area contributed by atoms with Crippen LogP contribution in [0.4, 0.5) is 0 Å². The van der Waals surface area contributed by atoms with Crippen molar-refractivity contribution >= 4 is 20.0 Å². The van der Waals surface area contributed by atoms with Gasteiger partial charge in [0.1, 0.15) is 0 Å². The number of rotatable bonds is 10. The highest BCUT2D eigenvalue weighted by molar-refractivity contribution is 6.82. The summed E-state index contributed by atoms with van der Waals surface area (Å²) in [5.41, 5.74) is 0. The maximum atomic E-state index is 12.2. The Hall–Kier alpha value is -0.903. The number of hydrogen-bond acceptors (Lipinski definition) is 2. The standard InChI is InChI=1S/C16H29NO2Si/c1-4-7-12-20(13-8-5-2,14-9-6-3)17-15(18)10-11-16(17)19/h10-11H,4-9,12-14H2,1-3H3. The Labute approximate surface area is 124 Å². The van der Waals surface area contributed by atoms with Gasteiger partial charge in [0, 0.05) is 12.2 Å². The summed E-state index contributed by atoms with van der Waals surface area (Å²) < 4.78 is 1.70. The van der Waals surface area contributed by atoms with Crippen molar-refractivity contribution in [2.45, 2.75) is 77.4 Å². The lowest BCUT2D eigenvalue weighted by Crippen LogP contribution is -2.56. The van der Waals surface area contributed by atoms with Crippen molar-refractivity contribution in [3.8, 4) is 0 Å². The lowest BCUT2D eigenvalue weighted by Gasteiger charge is -2.39. The Morgan fingerprint density at radius 2 is 1.15 bits per heavy atom. The van der Waals surface area contributed by atoms with Crippen LogP contribution in [0.15, 0.2) is 12.2 Å². The van der Waals surface area contributed by atoms with Crippen LogP contribution in [0.5, 0.6) is 0 Å². The molecule has 0 atom stereocenters. The fraction of sp³-hybridized carbons (Fsp3) is 0.750. The van der Waals surface area contributed by atoms with Gasteiger partial charge in [0.05, 0.1) is 0 Å². The second kappa shape index (κ2) is 8.40. The average molecular weight is 295 g/mol. The maximum absolute atomic E-state index is 12.2. The predicted molar refractivity (Wildman–Crippen MR) is 85.9 cm³/mol. The first kappa shape index (κ1) is 17.1. The quantitative estimate of drug-likeness (QED) is 0.446. The first-order valence-electron chi connectivity index (χ1n) is 8.17. The SMILES string of the molecule is CCCC[Si](CCCC)(CCCC)N1C(=O)C=CC1=O. The van der Waals surface area contributed by atoms with Crippen molar-refractivity contribution in [2.24, 2.45) is 0 Å². The van der Waals surface area contributed by atoms with Crippen molar-refractivity contribution < 1.29 is 9.59 Å². The molecule has 0 radical (unpaired) electrons. The van der Waals surface area contributed by atoms with Gasteiger partial charge in [-0.15, -0.1) is 0 Å². The van der Waals surface area contributed by atoms with Crippen LogP contribution in [0, 0.1) is 0 Å². The first-order chi connectivity index (χ1) is 9.61. The molecule has 0 N–H and O–H groups in total. The fourth-order valence-corrected chi connectivity index (χ4v) is 8.64. The van der Waals surface area contributed by atoms with Gasteiger partial charge in [-0.25, -0.2) is 0 Å². The van der Waals surface area contributed by atoms with Gasteiger partial charge >= 0.3 is 0 Å². The number of carbonyl (C=O) groups is 2. The van der Waals surface area contributed by atoms with Gasteiger partial charge < -0.3 is 4.57 Å². The smallest absolute Gasteiger partial charge is 0.245 e. The minimum absolute atomic E-state index is 0.0509. The molecular formula is C16H29NO2Si. The van der Waals surface area contributed by atoms with E-state index in [1.54, 1.807) is 4.57 Å². The minimum Gasteiger partial charge on any atom is -0.304 e. The average Bonchev–Trinajstić information content (AvgIpc) is 2.79. The van der Waals surface area contributed by atoms with Crippen molar-refractivity contribution in [1.82, 2.24) is 4.57 Å². The molecule has 0 saturated carbocycles. The molecule has 0 saturated heterocycles. The third-order valence-electron chi connectivity index (χ3n) is 4.27. The second-order valence-electron chi connectivity index (χ2n) is 5.88. The molecule has 0 bridgehead atoms. The summed E-state index contributed by atoms with van der Waals surface area (Å²) in [5.74, 6) is -0.102. The number of imide groups is 1. The van der Waals surface area contributed by atoms with Gasteiger partial charge in [-0.2, -0.15) is 0 Å². The molecule has 0 unspecified atom stereocenters. The molecule has 1 aliphatic heterocycles. The van der Waals surface area contributed by atoms with E-state index >= 15 is 0 Å². The molecule has 2 amide bonds. The molecule has 20 heavy (non-hydrogen) atoms. The van der Waals surface area contributed by atoms with E-state index in [2.05, 4.69) is 20.8 Å². The monoisotopic (exact) mass is 295 g/mol. The summed E-state index contributed by atoms with van der Waals surface area (Å²) in [7, 11) is -1.98. The zero-order valence-electron chi connectivity index (χ0n) is 13.3. The number of carbonyl (C=O) groups excluding carboxylic acids is 2. The molecule has 0 fully saturated rings. The van der Waals surface area contributed by atoms with E-state index in [1.807, 2.05) is 0 Å². The number of amides is 2. The summed E-state index contributed by atoms with van der Waals surface area (Å²) in [6, 6.07) is 3.26. The van der Waals surface area contributed by atoms with Crippen LogP contribution in [-0.2, 0) is 9.59 Å². The Kier molecular flexibility index (Phi) is 7.20. The fourth-order valence-electron chi connectivity index (χ4n) is 3.10. The Bertz CT molecular complexity index is 326. The van der Waals surface area contributed by atoms with Gasteiger partial charge in [0.25, 0.3) is 0 Å². The van der Waals surface area contributed by atoms with Crippen molar-refractivity contribution in [3.05, 3.63) is 12.2 Å². The molecule has 3 nitrogen and oxygen atoms in total. The molecule has 114 valence electrons. The van der Waals surface area contributed by atoms with Crippen LogP contribution in [0.2, 0.25) is 18.1 Å². The van der Waals surface area contributed by atoms with Crippen LogP contribution in [0.1, 0.15) is 59.3 Å². The highest BCUT2D eigenvalue weighted by Crippen LogP contribution is 2.33. The molecule has 0 aromatic carbocycles. The van der Waals surface area contributed by atoms with Crippen LogP contribution >= 0.6 is 0 Å². The highest BCUT2D eigenvalue weighted by atomic mass is 28.3.